The van der Waals surface area contributed by atoms with E-state index in [1.165, 1.54) is 6.42 Å². The predicted molar refractivity (Wildman–Crippen MR) is 76.0 cm³/mol. The van der Waals surface area contributed by atoms with E-state index in [0.717, 1.165) is 50.3 Å². The van der Waals surface area contributed by atoms with E-state index in [2.05, 4.69) is 34.9 Å². The molecule has 0 unspecified atom stereocenters. The number of nitrogens with zero attached hydrogens (tertiary/aromatic N) is 2. The monoisotopic (exact) mass is 253 g/mol. The van der Waals surface area contributed by atoms with Gasteiger partial charge in [-0.05, 0) is 32.6 Å². The molecule has 1 aromatic rings. The zero-order valence-electron chi connectivity index (χ0n) is 12.2. The molecule has 0 atom stereocenters. The molecule has 1 heterocycles. The van der Waals surface area contributed by atoms with E-state index in [9.17, 15) is 0 Å². The predicted octanol–water partition coefficient (Wildman–Crippen LogP) is 3.08. The summed E-state index contributed by atoms with van der Waals surface area (Å²) < 4.78 is 7.54. The molecular formula is C14H27N3O. The third kappa shape index (κ3) is 5.54. The third-order valence-corrected chi connectivity index (χ3v) is 2.80. The van der Waals surface area contributed by atoms with E-state index in [0.29, 0.717) is 0 Å². The van der Waals surface area contributed by atoms with Gasteiger partial charge in [-0.25, -0.2) is 4.98 Å². The summed E-state index contributed by atoms with van der Waals surface area (Å²) >= 11 is 0. The first-order chi connectivity index (χ1) is 8.63. The molecule has 4 heteroatoms. The number of hydrogen-bond acceptors (Lipinski definition) is 3. The van der Waals surface area contributed by atoms with Crippen molar-refractivity contribution < 1.29 is 4.74 Å². The molecule has 0 aliphatic rings. The molecule has 1 aromatic heterocycles. The van der Waals surface area contributed by atoms with Crippen molar-refractivity contribution in [1.82, 2.24) is 9.55 Å². The maximum absolute atomic E-state index is 5.32. The van der Waals surface area contributed by atoms with Gasteiger partial charge in [-0.3, -0.25) is 0 Å². The van der Waals surface area contributed by atoms with Crippen LogP contribution in [0.15, 0.2) is 6.20 Å². The van der Waals surface area contributed by atoms with E-state index in [1.807, 2.05) is 13.8 Å². The standard InChI is InChI=1S/C14H27N3O/c1-5-18-10-6-8-15-14-16-13(4)11-17(14)9-7-12(2)3/h11-12H,5-10H2,1-4H3,(H,15,16). The van der Waals surface area contributed by atoms with Crippen LogP contribution in [0.5, 0.6) is 0 Å². The van der Waals surface area contributed by atoms with Crippen molar-refractivity contribution in [1.29, 1.82) is 0 Å². The van der Waals surface area contributed by atoms with E-state index in [1.54, 1.807) is 0 Å². The van der Waals surface area contributed by atoms with Crippen LogP contribution in [0.2, 0.25) is 0 Å². The average Bonchev–Trinajstić information content (AvgIpc) is 2.67. The van der Waals surface area contributed by atoms with Crippen molar-refractivity contribution in [2.75, 3.05) is 25.1 Å². The maximum atomic E-state index is 5.32. The van der Waals surface area contributed by atoms with Crippen LogP contribution in [-0.4, -0.2) is 29.3 Å². The maximum Gasteiger partial charge on any atom is 0.203 e. The van der Waals surface area contributed by atoms with Crippen molar-refractivity contribution in [3.05, 3.63) is 11.9 Å². The smallest absolute Gasteiger partial charge is 0.203 e. The normalized spacial score (nSPS) is 11.2. The minimum atomic E-state index is 0.721. The van der Waals surface area contributed by atoms with Crippen LogP contribution in [0.1, 0.15) is 39.3 Å². The Morgan fingerprint density at radius 3 is 2.89 bits per heavy atom. The van der Waals surface area contributed by atoms with E-state index >= 15 is 0 Å². The molecule has 0 spiro atoms. The second kappa shape index (κ2) is 8.14. The second-order valence-electron chi connectivity index (χ2n) is 5.06. The molecule has 0 radical (unpaired) electrons. The number of aromatic nitrogens is 2. The molecule has 0 aromatic carbocycles. The Balaban J connectivity index is 2.38. The van der Waals surface area contributed by atoms with E-state index in [-0.39, 0.29) is 0 Å². The Morgan fingerprint density at radius 1 is 1.44 bits per heavy atom. The van der Waals surface area contributed by atoms with Gasteiger partial charge >= 0.3 is 0 Å². The molecule has 0 amide bonds. The van der Waals surface area contributed by atoms with Gasteiger partial charge in [-0.1, -0.05) is 13.8 Å². The molecule has 0 saturated heterocycles. The molecule has 104 valence electrons. The Hall–Kier alpha value is -1.03. The summed E-state index contributed by atoms with van der Waals surface area (Å²) in [5, 5.41) is 3.39. The number of hydrogen-bond donors (Lipinski definition) is 1. The zero-order valence-corrected chi connectivity index (χ0v) is 12.2. The Labute approximate surface area is 111 Å². The van der Waals surface area contributed by atoms with Gasteiger partial charge in [0.2, 0.25) is 5.95 Å². The highest BCUT2D eigenvalue weighted by molar-refractivity contribution is 5.28. The molecule has 1 N–H and O–H groups in total. The molecule has 0 saturated carbocycles. The lowest BCUT2D eigenvalue weighted by Crippen LogP contribution is -2.11. The van der Waals surface area contributed by atoms with Crippen molar-refractivity contribution >= 4 is 5.95 Å². The quantitative estimate of drug-likeness (QED) is 0.687. The summed E-state index contributed by atoms with van der Waals surface area (Å²) in [6, 6.07) is 0. The molecule has 1 rings (SSSR count). The van der Waals surface area contributed by atoms with Crippen LogP contribution in [0, 0.1) is 12.8 Å². The first-order valence-electron chi connectivity index (χ1n) is 6.98. The molecule has 0 aliphatic heterocycles. The van der Waals surface area contributed by atoms with Gasteiger partial charge < -0.3 is 14.6 Å². The minimum absolute atomic E-state index is 0.721. The SMILES string of the molecule is CCOCCCNc1nc(C)cn1CCC(C)C. The molecule has 0 aliphatic carbocycles. The number of aryl methyl sites for hydroxylation is 2. The summed E-state index contributed by atoms with van der Waals surface area (Å²) in [5.74, 6) is 1.71. The fraction of sp³-hybridized carbons (Fsp3) is 0.786. The van der Waals surface area contributed by atoms with Crippen LogP contribution in [0.25, 0.3) is 0 Å². The third-order valence-electron chi connectivity index (χ3n) is 2.80. The van der Waals surface area contributed by atoms with Gasteiger partial charge in [-0.15, -0.1) is 0 Å². The van der Waals surface area contributed by atoms with E-state index in [4.69, 9.17) is 4.74 Å². The number of imidazole rings is 1. The van der Waals surface area contributed by atoms with Gasteiger partial charge in [0, 0.05) is 32.5 Å². The van der Waals surface area contributed by atoms with Crippen LogP contribution in [0.3, 0.4) is 0 Å². The summed E-state index contributed by atoms with van der Waals surface area (Å²) in [4.78, 5) is 4.52. The number of ether oxygens (including phenoxy) is 1. The average molecular weight is 253 g/mol. The van der Waals surface area contributed by atoms with Gasteiger partial charge in [-0.2, -0.15) is 0 Å². The van der Waals surface area contributed by atoms with Crippen LogP contribution < -0.4 is 5.32 Å². The lowest BCUT2D eigenvalue weighted by atomic mass is 10.1. The molecule has 0 fully saturated rings. The van der Waals surface area contributed by atoms with Crippen molar-refractivity contribution in [2.24, 2.45) is 5.92 Å². The van der Waals surface area contributed by atoms with Crippen molar-refractivity contribution in [2.45, 2.75) is 47.1 Å². The van der Waals surface area contributed by atoms with Crippen molar-refractivity contribution in [3.8, 4) is 0 Å². The summed E-state index contributed by atoms with van der Waals surface area (Å²) in [6.07, 6.45) is 4.32. The summed E-state index contributed by atoms with van der Waals surface area (Å²) in [7, 11) is 0. The van der Waals surface area contributed by atoms with Crippen LogP contribution in [-0.2, 0) is 11.3 Å². The summed E-state index contributed by atoms with van der Waals surface area (Å²) in [6.45, 7) is 12.1. The highest BCUT2D eigenvalue weighted by Gasteiger charge is 2.05. The number of rotatable bonds is 9. The lowest BCUT2D eigenvalue weighted by molar-refractivity contribution is 0.147. The molecule has 0 bridgehead atoms. The highest BCUT2D eigenvalue weighted by Crippen LogP contribution is 2.11. The van der Waals surface area contributed by atoms with Gasteiger partial charge in [0.15, 0.2) is 0 Å². The van der Waals surface area contributed by atoms with Gasteiger partial charge in [0.25, 0.3) is 0 Å². The number of anilines is 1. The largest absolute Gasteiger partial charge is 0.382 e. The molecule has 4 nitrogen and oxygen atoms in total. The fourth-order valence-electron chi connectivity index (χ4n) is 1.77. The van der Waals surface area contributed by atoms with E-state index < -0.39 is 0 Å². The fourth-order valence-corrected chi connectivity index (χ4v) is 1.77. The Kier molecular flexibility index (Phi) is 6.80. The second-order valence-corrected chi connectivity index (χ2v) is 5.06. The first kappa shape index (κ1) is 15.0. The van der Waals surface area contributed by atoms with Gasteiger partial charge in [0.1, 0.15) is 0 Å². The zero-order chi connectivity index (χ0) is 13.4. The summed E-state index contributed by atoms with van der Waals surface area (Å²) in [5.41, 5.74) is 1.08. The van der Waals surface area contributed by atoms with Crippen LogP contribution >= 0.6 is 0 Å². The Bertz CT molecular complexity index is 334. The lowest BCUT2D eigenvalue weighted by Gasteiger charge is -2.11. The van der Waals surface area contributed by atoms with Crippen LogP contribution in [0.4, 0.5) is 5.95 Å². The Morgan fingerprint density at radius 2 is 2.22 bits per heavy atom. The topological polar surface area (TPSA) is 39.1 Å². The molecule has 18 heavy (non-hydrogen) atoms. The first-order valence-corrected chi connectivity index (χ1v) is 6.98. The van der Waals surface area contributed by atoms with Gasteiger partial charge in [0.05, 0.1) is 5.69 Å². The highest BCUT2D eigenvalue weighted by atomic mass is 16.5. The molecular weight excluding hydrogens is 226 g/mol. The van der Waals surface area contributed by atoms with Crippen molar-refractivity contribution in [3.63, 3.8) is 0 Å². The number of nitrogens with one attached hydrogen (secondary N) is 1. The minimum Gasteiger partial charge on any atom is -0.382 e.